The van der Waals surface area contributed by atoms with Gasteiger partial charge in [-0.15, -0.1) is 0 Å². The van der Waals surface area contributed by atoms with E-state index in [2.05, 4.69) is 9.26 Å². The van der Waals surface area contributed by atoms with Gasteiger partial charge >= 0.3 is 29.6 Å². The van der Waals surface area contributed by atoms with E-state index in [1.54, 1.807) is 0 Å². The maximum absolute atomic E-state index is 10.3. The van der Waals surface area contributed by atoms with Crippen LogP contribution in [0.2, 0.25) is 0 Å². The summed E-state index contributed by atoms with van der Waals surface area (Å²) in [5.41, 5.74) is 0. The first-order valence-electron chi connectivity index (χ1n) is 4.28. The molecule has 17 heavy (non-hydrogen) atoms. The summed E-state index contributed by atoms with van der Waals surface area (Å²) in [5.74, 6) is 0. The molecule has 1 fully saturated rings. The monoisotopic (exact) mass is 288 g/mol. The van der Waals surface area contributed by atoms with Crippen LogP contribution in [0.3, 0.4) is 0 Å². The van der Waals surface area contributed by atoms with Gasteiger partial charge in [-0.25, -0.2) is 0 Å². The fourth-order valence-electron chi connectivity index (χ4n) is 1.24. The van der Waals surface area contributed by atoms with Gasteiger partial charge in [0.05, 0.1) is 6.61 Å². The Morgan fingerprint density at radius 2 is 1.71 bits per heavy atom. The van der Waals surface area contributed by atoms with E-state index in [1.807, 2.05) is 0 Å². The van der Waals surface area contributed by atoms with Crippen LogP contribution in [-0.2, 0) is 13.8 Å². The van der Waals surface area contributed by atoms with Crippen molar-refractivity contribution in [3.63, 3.8) is 0 Å². The van der Waals surface area contributed by atoms with Crippen molar-refractivity contribution >= 4 is 7.82 Å². The number of hydrogen-bond donors (Lipinski definition) is 5. The van der Waals surface area contributed by atoms with Crippen molar-refractivity contribution in [3.05, 3.63) is 0 Å². The maximum atomic E-state index is 10.3. The Hall–Kier alpha value is 0.910. The van der Waals surface area contributed by atoms with Crippen LogP contribution in [-0.4, -0.2) is 62.6 Å². The number of aliphatic hydroxyl groups is 4. The molecular formula is C6H12NaO9P. The molecule has 0 aliphatic carbocycles. The fourth-order valence-corrected chi connectivity index (χ4v) is 1.57. The van der Waals surface area contributed by atoms with E-state index in [-0.39, 0.29) is 29.6 Å². The molecule has 0 radical (unpaired) electrons. The summed E-state index contributed by atoms with van der Waals surface area (Å²) >= 11 is 0. The number of phosphoric ester groups is 1. The Morgan fingerprint density at radius 1 is 1.18 bits per heavy atom. The quantitative estimate of drug-likeness (QED) is 0.193. The van der Waals surface area contributed by atoms with E-state index in [9.17, 15) is 19.7 Å². The SMILES string of the molecule is O=P([O-])(O)O[13CH2][13C@H]1O[13CH](O)[13C@H](O)[13C@@H](O)[13C@@H]1O.[Na+]. The van der Waals surface area contributed by atoms with Crippen LogP contribution in [0.4, 0.5) is 0 Å². The number of ether oxygens (including phenoxy) is 1. The molecule has 0 spiro atoms. The molecule has 0 aromatic carbocycles. The van der Waals surface area contributed by atoms with Crippen LogP contribution in [0, 0.1) is 0 Å². The van der Waals surface area contributed by atoms with E-state index in [0.29, 0.717) is 0 Å². The summed E-state index contributed by atoms with van der Waals surface area (Å²) in [6, 6.07) is 0. The van der Waals surface area contributed by atoms with Crippen molar-refractivity contribution in [1.29, 1.82) is 0 Å². The molecule has 0 aromatic heterocycles. The smallest absolute Gasteiger partial charge is 0.756 e. The van der Waals surface area contributed by atoms with E-state index in [0.717, 1.165) is 0 Å². The topological polar surface area (TPSA) is 160 Å². The summed E-state index contributed by atoms with van der Waals surface area (Å²) in [5, 5.41) is 36.7. The van der Waals surface area contributed by atoms with E-state index >= 15 is 0 Å². The van der Waals surface area contributed by atoms with Gasteiger partial charge in [0, 0.05) is 0 Å². The molecule has 11 heteroatoms. The Morgan fingerprint density at radius 3 is 2.18 bits per heavy atom. The molecule has 1 heterocycles. The predicted molar refractivity (Wildman–Crippen MR) is 44.7 cm³/mol. The van der Waals surface area contributed by atoms with E-state index in [4.69, 9.17) is 15.1 Å². The average molecular weight is 288 g/mol. The molecule has 1 saturated heterocycles. The van der Waals surface area contributed by atoms with Crippen molar-refractivity contribution < 1.29 is 73.6 Å². The van der Waals surface area contributed by atoms with E-state index < -0.39 is 45.1 Å². The first-order valence-corrected chi connectivity index (χ1v) is 5.78. The standard InChI is InChI=1S/C6H13O9P.Na/c7-3-2(1-14-16(11,12)13)15-6(10)5(9)4(3)8;/h2-10H,1H2,(H2,11,12,13);/q;+1/p-1/t2-,3-,4+,5-,6?;/m1./s1/i1+1,2+1,3+1,4+1,5+1,6+1;. The Labute approximate surface area is 119 Å². The molecule has 1 rings (SSSR count). The summed E-state index contributed by atoms with van der Waals surface area (Å²) in [4.78, 5) is 18.5. The van der Waals surface area contributed by atoms with Crippen molar-refractivity contribution in [2.75, 3.05) is 6.61 Å². The van der Waals surface area contributed by atoms with Crippen LogP contribution in [0.15, 0.2) is 0 Å². The fraction of sp³-hybridized carbons (Fsp3) is 1.00. The first kappa shape index (κ1) is 17.9. The third-order valence-corrected chi connectivity index (χ3v) is 2.56. The molecule has 9 nitrogen and oxygen atoms in total. The normalized spacial score (nSPS) is 41.4. The zero-order valence-electron chi connectivity index (χ0n) is 8.91. The van der Waals surface area contributed by atoms with Crippen LogP contribution in [0.1, 0.15) is 0 Å². The number of aliphatic hydroxyl groups excluding tert-OH is 4. The molecule has 96 valence electrons. The van der Waals surface area contributed by atoms with Crippen molar-refractivity contribution in [3.8, 4) is 0 Å². The second kappa shape index (κ2) is 6.90. The Kier molecular flexibility index (Phi) is 7.27. The largest absolute Gasteiger partial charge is 1.00 e. The summed E-state index contributed by atoms with van der Waals surface area (Å²) in [6.07, 6.45) is -8.23. The summed E-state index contributed by atoms with van der Waals surface area (Å²) in [6.45, 7) is -0.792. The molecule has 0 bridgehead atoms. The average Bonchev–Trinajstić information content (AvgIpc) is 2.17. The number of phosphoric acid groups is 1. The molecule has 0 aromatic rings. The third-order valence-electron chi connectivity index (χ3n) is 2.09. The molecular weight excluding hydrogens is 276 g/mol. The number of hydrogen-bond acceptors (Lipinski definition) is 8. The Bertz CT molecular complexity index is 283. The van der Waals surface area contributed by atoms with Gasteiger partial charge in [0.2, 0.25) is 0 Å². The van der Waals surface area contributed by atoms with Crippen molar-refractivity contribution in [2.24, 2.45) is 0 Å². The van der Waals surface area contributed by atoms with Gasteiger partial charge in [0.1, 0.15) is 24.4 Å². The summed E-state index contributed by atoms with van der Waals surface area (Å²) < 4.78 is 18.8. The van der Waals surface area contributed by atoms with Crippen LogP contribution >= 0.6 is 7.82 Å². The third kappa shape index (κ3) is 5.19. The second-order valence-electron chi connectivity index (χ2n) is 3.30. The molecule has 5 N–H and O–H groups in total. The van der Waals surface area contributed by atoms with Gasteiger partial charge in [-0.05, 0) is 0 Å². The van der Waals surface area contributed by atoms with Gasteiger partial charge in [-0.3, -0.25) is 4.57 Å². The van der Waals surface area contributed by atoms with Crippen molar-refractivity contribution in [2.45, 2.75) is 30.7 Å². The first-order chi connectivity index (χ1) is 7.22. The van der Waals surface area contributed by atoms with Crippen LogP contribution in [0.5, 0.6) is 0 Å². The van der Waals surface area contributed by atoms with Crippen LogP contribution < -0.4 is 34.5 Å². The zero-order chi connectivity index (χ0) is 12.5. The van der Waals surface area contributed by atoms with Crippen LogP contribution in [0.25, 0.3) is 0 Å². The molecule has 6 atom stereocenters. The predicted octanol–water partition coefficient (Wildman–Crippen LogP) is -6.73. The zero-order valence-corrected chi connectivity index (χ0v) is 11.8. The molecule has 2 unspecified atom stereocenters. The Balaban J connectivity index is 0.00000256. The van der Waals surface area contributed by atoms with Gasteiger partial charge in [0.25, 0.3) is 7.82 Å². The van der Waals surface area contributed by atoms with Gasteiger partial charge < -0.3 is 39.5 Å². The molecule has 0 saturated carbocycles. The number of rotatable bonds is 3. The molecule has 1 aliphatic heterocycles. The minimum absolute atomic E-state index is 0. The molecule has 0 amide bonds. The maximum Gasteiger partial charge on any atom is 1.00 e. The molecule has 1 aliphatic rings. The minimum atomic E-state index is -4.98. The van der Waals surface area contributed by atoms with Crippen molar-refractivity contribution in [1.82, 2.24) is 0 Å². The minimum Gasteiger partial charge on any atom is -0.756 e. The summed E-state index contributed by atoms with van der Waals surface area (Å²) in [7, 11) is -4.98. The van der Waals surface area contributed by atoms with Gasteiger partial charge in [-0.2, -0.15) is 0 Å². The van der Waals surface area contributed by atoms with E-state index in [1.165, 1.54) is 0 Å². The van der Waals surface area contributed by atoms with Gasteiger partial charge in [0.15, 0.2) is 6.29 Å². The second-order valence-corrected chi connectivity index (χ2v) is 4.50. The van der Waals surface area contributed by atoms with Gasteiger partial charge in [-0.1, -0.05) is 0 Å².